The maximum Gasteiger partial charge on any atom is 0.238 e. The second kappa shape index (κ2) is 7.82. The molecule has 0 saturated carbocycles. The maximum absolute atomic E-state index is 12.7. The molecule has 0 bridgehead atoms. The van der Waals surface area contributed by atoms with Gasteiger partial charge in [-0.2, -0.15) is 0 Å². The quantitative estimate of drug-likeness (QED) is 0.855. The van der Waals surface area contributed by atoms with Crippen molar-refractivity contribution < 1.29 is 9.59 Å². The van der Waals surface area contributed by atoms with Crippen LogP contribution in [-0.2, 0) is 9.59 Å². The number of carbonyl (C=O) groups is 2. The van der Waals surface area contributed by atoms with Gasteiger partial charge in [-0.05, 0) is 30.3 Å². The topological polar surface area (TPSA) is 52.7 Å². The minimum Gasteiger partial charge on any atom is -0.368 e. The van der Waals surface area contributed by atoms with Gasteiger partial charge in [-0.3, -0.25) is 9.59 Å². The van der Waals surface area contributed by atoms with Gasteiger partial charge in [-0.1, -0.05) is 29.8 Å². The Morgan fingerprint density at radius 1 is 1.11 bits per heavy atom. The molecule has 27 heavy (non-hydrogen) atoms. The number of thioether (sulfide) groups is 1. The first-order valence-corrected chi connectivity index (χ1v) is 10.2. The normalized spacial score (nSPS) is 19.4. The largest absolute Gasteiger partial charge is 0.368 e. The molecule has 2 heterocycles. The number of rotatable bonds is 3. The van der Waals surface area contributed by atoms with Gasteiger partial charge in [0.1, 0.15) is 0 Å². The van der Waals surface area contributed by atoms with Crippen molar-refractivity contribution in [2.75, 3.05) is 36.4 Å². The summed E-state index contributed by atoms with van der Waals surface area (Å²) in [6.45, 7) is 2.83. The van der Waals surface area contributed by atoms with Crippen LogP contribution in [0.25, 0.3) is 0 Å². The zero-order valence-corrected chi connectivity index (χ0v) is 16.3. The summed E-state index contributed by atoms with van der Waals surface area (Å²) in [5, 5.41) is 3.24. The Hall–Kier alpha value is -2.18. The number of nitrogens with one attached hydrogen (secondary N) is 1. The number of para-hydroxylation sites is 1. The van der Waals surface area contributed by atoms with E-state index in [9.17, 15) is 9.59 Å². The molecule has 0 spiro atoms. The predicted molar refractivity (Wildman–Crippen MR) is 110 cm³/mol. The van der Waals surface area contributed by atoms with Crippen molar-refractivity contribution in [2.45, 2.75) is 16.6 Å². The van der Waals surface area contributed by atoms with Crippen molar-refractivity contribution in [2.24, 2.45) is 0 Å². The van der Waals surface area contributed by atoms with E-state index in [1.165, 1.54) is 11.8 Å². The van der Waals surface area contributed by atoms with Gasteiger partial charge in [-0.15, -0.1) is 11.8 Å². The molecule has 7 heteroatoms. The second-order valence-corrected chi connectivity index (χ2v) is 8.32. The molecule has 2 amide bonds. The molecule has 0 aromatic heterocycles. The number of carbonyl (C=O) groups excluding carboxylic acids is 2. The number of benzene rings is 2. The van der Waals surface area contributed by atoms with Crippen molar-refractivity contribution in [3.05, 3.63) is 53.6 Å². The number of piperazine rings is 1. The molecular formula is C20H20ClN3O2S. The van der Waals surface area contributed by atoms with Crippen molar-refractivity contribution in [3.8, 4) is 0 Å². The van der Waals surface area contributed by atoms with Crippen molar-refractivity contribution in [3.63, 3.8) is 0 Å². The SMILES string of the molecule is O=C1Nc2ccccc2S[C@@H]1CC(=O)N1CCN(c2cccc(Cl)c2)CC1. The van der Waals surface area contributed by atoms with E-state index in [-0.39, 0.29) is 23.5 Å². The average molecular weight is 402 g/mol. The highest BCUT2D eigenvalue weighted by Crippen LogP contribution is 2.36. The maximum atomic E-state index is 12.7. The van der Waals surface area contributed by atoms with Gasteiger partial charge >= 0.3 is 0 Å². The van der Waals surface area contributed by atoms with E-state index in [0.29, 0.717) is 18.1 Å². The monoisotopic (exact) mass is 401 g/mol. The van der Waals surface area contributed by atoms with E-state index in [4.69, 9.17) is 11.6 Å². The number of anilines is 2. The summed E-state index contributed by atoms with van der Waals surface area (Å²) >= 11 is 7.54. The van der Waals surface area contributed by atoms with Crippen LogP contribution in [0.5, 0.6) is 0 Å². The van der Waals surface area contributed by atoms with Crippen LogP contribution in [0, 0.1) is 0 Å². The van der Waals surface area contributed by atoms with E-state index in [0.717, 1.165) is 29.4 Å². The Bertz CT molecular complexity index is 868. The lowest BCUT2D eigenvalue weighted by molar-refractivity contribution is -0.132. The van der Waals surface area contributed by atoms with Crippen LogP contribution in [0.3, 0.4) is 0 Å². The summed E-state index contributed by atoms with van der Waals surface area (Å²) in [5.41, 5.74) is 1.90. The van der Waals surface area contributed by atoms with Gasteiger partial charge in [0.2, 0.25) is 11.8 Å². The van der Waals surface area contributed by atoms with Gasteiger partial charge in [0.25, 0.3) is 0 Å². The molecular weight excluding hydrogens is 382 g/mol. The number of amides is 2. The summed E-state index contributed by atoms with van der Waals surface area (Å²) in [7, 11) is 0. The summed E-state index contributed by atoms with van der Waals surface area (Å²) in [6.07, 6.45) is 0.224. The molecule has 2 aliphatic rings. The molecule has 1 atom stereocenters. The summed E-state index contributed by atoms with van der Waals surface area (Å²) < 4.78 is 0. The first kappa shape index (κ1) is 18.2. The zero-order valence-electron chi connectivity index (χ0n) is 14.7. The fourth-order valence-electron chi connectivity index (χ4n) is 3.40. The summed E-state index contributed by atoms with van der Waals surface area (Å²) in [4.78, 5) is 30.1. The van der Waals surface area contributed by atoms with E-state index >= 15 is 0 Å². The molecule has 1 N–H and O–H groups in total. The third kappa shape index (κ3) is 4.06. The van der Waals surface area contributed by atoms with E-state index in [2.05, 4.69) is 10.2 Å². The Balaban J connectivity index is 1.34. The van der Waals surface area contributed by atoms with Gasteiger partial charge in [-0.25, -0.2) is 0 Å². The lowest BCUT2D eigenvalue weighted by Gasteiger charge is -2.37. The standard InChI is InChI=1S/C20H20ClN3O2S/c21-14-4-3-5-15(12-14)23-8-10-24(11-9-23)19(25)13-18-20(26)22-16-6-1-2-7-17(16)27-18/h1-7,12,18H,8-11,13H2,(H,22,26)/t18-/m1/s1. The van der Waals surface area contributed by atoms with E-state index in [1.54, 1.807) is 0 Å². The molecule has 4 rings (SSSR count). The highest BCUT2D eigenvalue weighted by molar-refractivity contribution is 8.01. The predicted octanol–water partition coefficient (Wildman–Crippen LogP) is 3.49. The molecule has 2 aromatic rings. The van der Waals surface area contributed by atoms with Crippen LogP contribution in [0.1, 0.15) is 6.42 Å². The highest BCUT2D eigenvalue weighted by Gasteiger charge is 2.31. The van der Waals surface area contributed by atoms with Crippen LogP contribution >= 0.6 is 23.4 Å². The van der Waals surface area contributed by atoms with Crippen molar-refractivity contribution in [1.82, 2.24) is 4.90 Å². The number of hydrogen-bond donors (Lipinski definition) is 1. The second-order valence-electron chi connectivity index (χ2n) is 6.64. The molecule has 2 aromatic carbocycles. The van der Waals surface area contributed by atoms with Crippen molar-refractivity contribution >= 4 is 46.6 Å². The number of nitrogens with zero attached hydrogens (tertiary/aromatic N) is 2. The van der Waals surface area contributed by atoms with Crippen LogP contribution in [0.4, 0.5) is 11.4 Å². The molecule has 2 aliphatic heterocycles. The minimum atomic E-state index is -0.377. The number of fused-ring (bicyclic) bond motifs is 1. The highest BCUT2D eigenvalue weighted by atomic mass is 35.5. The van der Waals surface area contributed by atoms with Gasteiger partial charge < -0.3 is 15.1 Å². The van der Waals surface area contributed by atoms with E-state index in [1.807, 2.05) is 53.4 Å². The first-order valence-electron chi connectivity index (χ1n) is 8.95. The van der Waals surface area contributed by atoms with Crippen LogP contribution < -0.4 is 10.2 Å². The lowest BCUT2D eigenvalue weighted by atomic mass is 10.2. The average Bonchev–Trinajstić information content (AvgIpc) is 2.68. The Morgan fingerprint density at radius 3 is 2.67 bits per heavy atom. The third-order valence-corrected chi connectivity index (χ3v) is 6.38. The molecule has 140 valence electrons. The van der Waals surface area contributed by atoms with Gasteiger partial charge in [0, 0.05) is 48.2 Å². The molecule has 5 nitrogen and oxygen atoms in total. The van der Waals surface area contributed by atoms with Crippen LogP contribution in [0.15, 0.2) is 53.4 Å². The van der Waals surface area contributed by atoms with Crippen LogP contribution in [-0.4, -0.2) is 48.1 Å². The molecule has 0 aliphatic carbocycles. The minimum absolute atomic E-state index is 0.0350. The lowest BCUT2D eigenvalue weighted by Crippen LogP contribution is -2.49. The number of hydrogen-bond acceptors (Lipinski definition) is 4. The fraction of sp³-hybridized carbons (Fsp3) is 0.300. The smallest absolute Gasteiger partial charge is 0.238 e. The molecule has 0 radical (unpaired) electrons. The summed E-state index contributed by atoms with van der Waals surface area (Å²) in [6, 6.07) is 15.5. The molecule has 0 unspecified atom stereocenters. The fourth-order valence-corrected chi connectivity index (χ4v) is 4.69. The third-order valence-electron chi connectivity index (χ3n) is 4.87. The molecule has 1 saturated heterocycles. The van der Waals surface area contributed by atoms with E-state index < -0.39 is 0 Å². The first-order chi connectivity index (χ1) is 13.1. The van der Waals surface area contributed by atoms with Gasteiger partial charge in [0.05, 0.1) is 10.9 Å². The van der Waals surface area contributed by atoms with Crippen molar-refractivity contribution in [1.29, 1.82) is 0 Å². The Morgan fingerprint density at radius 2 is 1.89 bits per heavy atom. The van der Waals surface area contributed by atoms with Crippen LogP contribution in [0.2, 0.25) is 5.02 Å². The zero-order chi connectivity index (χ0) is 18.8. The van der Waals surface area contributed by atoms with Gasteiger partial charge in [0.15, 0.2) is 0 Å². The number of halogens is 1. The Kier molecular flexibility index (Phi) is 5.27. The summed E-state index contributed by atoms with van der Waals surface area (Å²) in [5.74, 6) is -0.0580. The molecule has 1 fully saturated rings. The Labute approximate surface area is 167 Å².